The minimum absolute atomic E-state index is 0.115. The normalized spacial score (nSPS) is 14.5. The molecule has 0 spiro atoms. The Labute approximate surface area is 178 Å². The van der Waals surface area contributed by atoms with E-state index in [2.05, 4.69) is 0 Å². The predicted molar refractivity (Wildman–Crippen MR) is 101 cm³/mol. The Morgan fingerprint density at radius 2 is 1.68 bits per heavy atom. The number of benzene rings is 2. The summed E-state index contributed by atoms with van der Waals surface area (Å²) in [5, 5.41) is 9.30. The van der Waals surface area contributed by atoms with Gasteiger partial charge < -0.3 is 14.7 Å². The molecule has 164 valence electrons. The van der Waals surface area contributed by atoms with Crippen molar-refractivity contribution in [1.29, 1.82) is 0 Å². The van der Waals surface area contributed by atoms with Crippen molar-refractivity contribution in [2.75, 3.05) is 26.4 Å². The maximum absolute atomic E-state index is 14.0. The number of carbonyl (C=O) groups is 1. The molecule has 2 aromatic carbocycles. The number of hydrogen-bond donors (Lipinski definition) is 1. The highest BCUT2D eigenvalue weighted by atomic mass is 35.5. The molecule has 1 aliphatic heterocycles. The predicted octanol–water partition coefficient (Wildman–Crippen LogP) is 3.46. The Morgan fingerprint density at radius 1 is 1.06 bits per heavy atom. The number of carbonyl (C=O) groups excluding carboxylic acids is 1. The summed E-state index contributed by atoms with van der Waals surface area (Å²) in [4.78, 5) is 25.4. The van der Waals surface area contributed by atoms with Crippen LogP contribution in [0.3, 0.4) is 0 Å². The van der Waals surface area contributed by atoms with E-state index in [1.54, 1.807) is 18.1 Å². The standard InChI is InChI=1S/C20H15ClF4N2O4/c21-12-3-1-11(2-4-12)7-26-5-6-27(13(8-26)9-28)10-31-19-17(24)15(22)14(20(29)30)16(23)18(19)25/h1-4H,5-8,10H2,(H,29,30). The number of ether oxygens (including phenoxy) is 1. The number of piperazine rings is 1. The largest absolute Gasteiger partial charge is 0.477 e. The Balaban J connectivity index is 1.70. The van der Waals surface area contributed by atoms with Gasteiger partial charge in [0.2, 0.25) is 11.6 Å². The van der Waals surface area contributed by atoms with E-state index in [9.17, 15) is 27.2 Å². The number of halogens is 5. The molecule has 1 aliphatic rings. The molecule has 0 aromatic heterocycles. The van der Waals surface area contributed by atoms with Gasteiger partial charge in [-0.1, -0.05) is 23.7 Å². The number of rotatable bonds is 6. The SMILES string of the molecule is O=C=C1CN(Cc2ccc(Cl)cc2)CCN1COc1c(F)c(F)c(C(=O)O)c(F)c1F. The van der Waals surface area contributed by atoms with E-state index >= 15 is 0 Å². The van der Waals surface area contributed by atoms with E-state index in [-0.39, 0.29) is 18.8 Å². The topological polar surface area (TPSA) is 70.1 Å². The highest BCUT2D eigenvalue weighted by Crippen LogP contribution is 2.30. The fourth-order valence-electron chi connectivity index (χ4n) is 3.08. The summed E-state index contributed by atoms with van der Waals surface area (Å²) >= 11 is 5.85. The summed E-state index contributed by atoms with van der Waals surface area (Å²) in [6.07, 6.45) is 0. The van der Waals surface area contributed by atoms with Crippen LogP contribution in [0, 0.1) is 23.3 Å². The van der Waals surface area contributed by atoms with Crippen molar-refractivity contribution in [1.82, 2.24) is 9.80 Å². The van der Waals surface area contributed by atoms with Gasteiger partial charge in [0.1, 0.15) is 17.2 Å². The molecule has 3 rings (SSSR count). The lowest BCUT2D eigenvalue weighted by Crippen LogP contribution is -2.45. The average Bonchev–Trinajstić information content (AvgIpc) is 2.74. The molecule has 11 heteroatoms. The average molecular weight is 459 g/mol. The first-order chi connectivity index (χ1) is 14.7. The van der Waals surface area contributed by atoms with Crippen molar-refractivity contribution < 1.29 is 37.0 Å². The number of carboxylic acids is 1. The highest BCUT2D eigenvalue weighted by molar-refractivity contribution is 6.30. The van der Waals surface area contributed by atoms with E-state index in [1.165, 1.54) is 4.90 Å². The molecule has 0 atom stereocenters. The van der Waals surface area contributed by atoms with Crippen LogP contribution < -0.4 is 4.74 Å². The third-order valence-electron chi connectivity index (χ3n) is 4.68. The van der Waals surface area contributed by atoms with Gasteiger partial charge in [-0.3, -0.25) is 4.90 Å². The smallest absolute Gasteiger partial charge is 0.341 e. The van der Waals surface area contributed by atoms with Crippen molar-refractivity contribution in [2.45, 2.75) is 6.54 Å². The molecule has 0 amide bonds. The second-order valence-corrected chi connectivity index (χ2v) is 7.12. The summed E-state index contributed by atoms with van der Waals surface area (Å²) in [5.74, 6) is -9.97. The zero-order valence-corrected chi connectivity index (χ0v) is 16.6. The first-order valence-electron chi connectivity index (χ1n) is 8.90. The van der Waals surface area contributed by atoms with E-state index in [0.717, 1.165) is 5.56 Å². The minimum Gasteiger partial charge on any atom is -0.477 e. The highest BCUT2D eigenvalue weighted by Gasteiger charge is 2.31. The number of nitrogens with zero attached hydrogens (tertiary/aromatic N) is 2. The second-order valence-electron chi connectivity index (χ2n) is 6.69. The van der Waals surface area contributed by atoms with Crippen LogP contribution in [0.1, 0.15) is 15.9 Å². The van der Waals surface area contributed by atoms with E-state index in [0.29, 0.717) is 18.1 Å². The van der Waals surface area contributed by atoms with Crippen molar-refractivity contribution in [3.8, 4) is 5.75 Å². The maximum atomic E-state index is 14.0. The molecule has 1 N–H and O–H groups in total. The van der Waals surface area contributed by atoms with Gasteiger partial charge in [0, 0.05) is 31.2 Å². The molecule has 0 saturated carbocycles. The first-order valence-corrected chi connectivity index (χ1v) is 9.28. The van der Waals surface area contributed by atoms with Crippen LogP contribution in [0.2, 0.25) is 5.02 Å². The van der Waals surface area contributed by atoms with Gasteiger partial charge in [-0.2, -0.15) is 8.78 Å². The summed E-state index contributed by atoms with van der Waals surface area (Å²) in [5.41, 5.74) is -0.691. The summed E-state index contributed by atoms with van der Waals surface area (Å²) in [7, 11) is 0. The fraction of sp³-hybridized carbons (Fsp3) is 0.250. The van der Waals surface area contributed by atoms with Crippen LogP contribution in [-0.2, 0) is 11.3 Å². The van der Waals surface area contributed by atoms with Gasteiger partial charge in [0.25, 0.3) is 0 Å². The monoisotopic (exact) mass is 458 g/mol. The van der Waals surface area contributed by atoms with E-state index < -0.39 is 47.3 Å². The van der Waals surface area contributed by atoms with Gasteiger partial charge in [-0.05, 0) is 17.7 Å². The quantitative estimate of drug-likeness (QED) is 0.406. The lowest BCUT2D eigenvalue weighted by atomic mass is 10.1. The maximum Gasteiger partial charge on any atom is 0.341 e. The summed E-state index contributed by atoms with van der Waals surface area (Å²) in [6.45, 7) is 0.718. The van der Waals surface area contributed by atoms with Crippen LogP contribution in [0.4, 0.5) is 17.6 Å². The van der Waals surface area contributed by atoms with E-state index in [4.69, 9.17) is 21.4 Å². The molecule has 0 radical (unpaired) electrons. The molecular formula is C20H15ClF4N2O4. The third-order valence-corrected chi connectivity index (χ3v) is 4.93. The van der Waals surface area contributed by atoms with Gasteiger partial charge in [-0.25, -0.2) is 18.4 Å². The van der Waals surface area contributed by atoms with Crippen LogP contribution in [0.15, 0.2) is 30.0 Å². The molecule has 1 heterocycles. The first kappa shape index (κ1) is 22.6. The van der Waals surface area contributed by atoms with Crippen LogP contribution >= 0.6 is 11.6 Å². The van der Waals surface area contributed by atoms with E-state index in [1.807, 2.05) is 17.0 Å². The summed E-state index contributed by atoms with van der Waals surface area (Å²) < 4.78 is 60.6. The molecule has 31 heavy (non-hydrogen) atoms. The fourth-order valence-corrected chi connectivity index (χ4v) is 3.20. The minimum atomic E-state index is -2.16. The van der Waals surface area contributed by atoms with Crippen LogP contribution in [0.25, 0.3) is 0 Å². The number of hydrogen-bond acceptors (Lipinski definition) is 5. The Hall–Kier alpha value is -3.07. The molecular weight excluding hydrogens is 444 g/mol. The van der Waals surface area contributed by atoms with Crippen molar-refractivity contribution in [3.63, 3.8) is 0 Å². The Morgan fingerprint density at radius 3 is 2.23 bits per heavy atom. The van der Waals surface area contributed by atoms with Crippen molar-refractivity contribution in [3.05, 3.63) is 69.4 Å². The molecule has 6 nitrogen and oxygen atoms in total. The molecule has 1 saturated heterocycles. The zero-order chi connectivity index (χ0) is 22.7. The molecule has 1 fully saturated rings. The van der Waals surface area contributed by atoms with Gasteiger partial charge >= 0.3 is 5.97 Å². The molecule has 0 unspecified atom stereocenters. The zero-order valence-electron chi connectivity index (χ0n) is 15.8. The van der Waals surface area contributed by atoms with Crippen molar-refractivity contribution in [2.24, 2.45) is 0 Å². The third kappa shape index (κ3) is 4.82. The molecule has 0 aliphatic carbocycles. The second kappa shape index (κ2) is 9.38. The van der Waals surface area contributed by atoms with Gasteiger partial charge in [0.05, 0.1) is 0 Å². The van der Waals surface area contributed by atoms with Gasteiger partial charge in [-0.15, -0.1) is 0 Å². The molecule has 0 bridgehead atoms. The Bertz CT molecular complexity index is 1030. The summed E-state index contributed by atoms with van der Waals surface area (Å²) in [6, 6.07) is 7.12. The van der Waals surface area contributed by atoms with Crippen molar-refractivity contribution >= 4 is 23.5 Å². The van der Waals surface area contributed by atoms with Gasteiger partial charge in [0.15, 0.2) is 24.1 Å². The lowest BCUT2D eigenvalue weighted by molar-refractivity contribution is 0.0680. The van der Waals surface area contributed by atoms with Crippen LogP contribution in [0.5, 0.6) is 5.75 Å². The molecule has 2 aromatic rings. The lowest BCUT2D eigenvalue weighted by Gasteiger charge is -2.36. The van der Waals surface area contributed by atoms with Crippen LogP contribution in [-0.4, -0.2) is 53.2 Å². The number of aromatic carboxylic acids is 1. The Kier molecular flexibility index (Phi) is 6.84. The number of carboxylic acid groups (broad SMARTS) is 1.